The van der Waals surface area contributed by atoms with Gasteiger partial charge in [0.1, 0.15) is 0 Å². The van der Waals surface area contributed by atoms with Crippen molar-refractivity contribution in [2.24, 2.45) is 5.92 Å². The van der Waals surface area contributed by atoms with Crippen LogP contribution in [0.25, 0.3) is 10.8 Å². The van der Waals surface area contributed by atoms with Crippen molar-refractivity contribution < 1.29 is 9.47 Å². The van der Waals surface area contributed by atoms with Crippen LogP contribution < -0.4 is 15.0 Å². The first-order chi connectivity index (χ1) is 11.1. The highest BCUT2D eigenvalue weighted by molar-refractivity contribution is 5.90. The molecule has 3 rings (SSSR count). The second-order valence-electron chi connectivity index (χ2n) is 6.31. The monoisotopic (exact) mass is 316 g/mol. The molecule has 0 saturated carbocycles. The number of rotatable bonds is 4. The van der Waals surface area contributed by atoms with Crippen molar-refractivity contribution in [1.82, 2.24) is 9.47 Å². The molecule has 0 amide bonds. The Morgan fingerprint density at radius 2 is 2.00 bits per heavy atom. The number of likely N-dealkylation sites (tertiary alicyclic amines) is 1. The summed E-state index contributed by atoms with van der Waals surface area (Å²) in [4.78, 5) is 15.1. The van der Waals surface area contributed by atoms with Crippen molar-refractivity contribution in [1.29, 1.82) is 0 Å². The van der Waals surface area contributed by atoms with E-state index in [2.05, 4.69) is 11.9 Å². The molecule has 1 aromatic carbocycles. The first-order valence-electron chi connectivity index (χ1n) is 8.06. The van der Waals surface area contributed by atoms with Crippen molar-refractivity contribution in [2.75, 3.05) is 34.4 Å². The summed E-state index contributed by atoms with van der Waals surface area (Å²) in [6, 6.07) is 5.56. The minimum absolute atomic E-state index is 0.0386. The molecule has 2 aromatic rings. The molecule has 5 heteroatoms. The van der Waals surface area contributed by atoms with Crippen molar-refractivity contribution in [3.8, 4) is 11.5 Å². The van der Waals surface area contributed by atoms with Gasteiger partial charge >= 0.3 is 0 Å². The highest BCUT2D eigenvalue weighted by Crippen LogP contribution is 2.33. The molecule has 0 aliphatic carbocycles. The average molecular weight is 316 g/mol. The van der Waals surface area contributed by atoms with E-state index in [-0.39, 0.29) is 5.56 Å². The third-order valence-electron chi connectivity index (χ3n) is 4.67. The molecule has 0 spiro atoms. The molecule has 1 atom stereocenters. The lowest BCUT2D eigenvalue weighted by atomic mass is 9.98. The van der Waals surface area contributed by atoms with Crippen LogP contribution in [-0.2, 0) is 6.54 Å². The van der Waals surface area contributed by atoms with E-state index in [1.807, 2.05) is 22.9 Å². The summed E-state index contributed by atoms with van der Waals surface area (Å²) < 4.78 is 12.6. The Balaban J connectivity index is 1.97. The van der Waals surface area contributed by atoms with Crippen molar-refractivity contribution >= 4 is 10.8 Å². The number of piperidine rings is 1. The Kier molecular flexibility index (Phi) is 4.57. The largest absolute Gasteiger partial charge is 0.493 e. The van der Waals surface area contributed by atoms with Gasteiger partial charge < -0.3 is 18.9 Å². The van der Waals surface area contributed by atoms with Gasteiger partial charge in [0.15, 0.2) is 11.5 Å². The summed E-state index contributed by atoms with van der Waals surface area (Å²) in [5.41, 5.74) is 0.0386. The van der Waals surface area contributed by atoms with Gasteiger partial charge in [0.2, 0.25) is 0 Å². The molecule has 1 aromatic heterocycles. The topological polar surface area (TPSA) is 43.7 Å². The van der Waals surface area contributed by atoms with E-state index in [9.17, 15) is 4.79 Å². The van der Waals surface area contributed by atoms with Gasteiger partial charge in [-0.25, -0.2) is 0 Å². The molecule has 124 valence electrons. The summed E-state index contributed by atoms with van der Waals surface area (Å²) in [7, 11) is 5.34. The number of fused-ring (bicyclic) bond motifs is 1. The van der Waals surface area contributed by atoms with Gasteiger partial charge in [-0.1, -0.05) is 0 Å². The zero-order valence-electron chi connectivity index (χ0n) is 14.0. The first-order valence-corrected chi connectivity index (χ1v) is 8.06. The first kappa shape index (κ1) is 15.9. The van der Waals surface area contributed by atoms with Crippen molar-refractivity contribution in [3.05, 3.63) is 34.7 Å². The van der Waals surface area contributed by atoms with E-state index < -0.39 is 0 Å². The Morgan fingerprint density at radius 1 is 1.17 bits per heavy atom. The second-order valence-corrected chi connectivity index (χ2v) is 6.31. The fourth-order valence-electron chi connectivity index (χ4n) is 3.53. The molecule has 1 saturated heterocycles. The number of hydrogen-bond donors (Lipinski definition) is 0. The molecule has 2 heterocycles. The van der Waals surface area contributed by atoms with Crippen LogP contribution in [0.2, 0.25) is 0 Å². The maximum absolute atomic E-state index is 12.8. The van der Waals surface area contributed by atoms with Crippen LogP contribution in [0.15, 0.2) is 29.2 Å². The van der Waals surface area contributed by atoms with Gasteiger partial charge in [0.05, 0.1) is 19.6 Å². The van der Waals surface area contributed by atoms with Crippen LogP contribution in [0.4, 0.5) is 0 Å². The average Bonchev–Trinajstić information content (AvgIpc) is 2.56. The Labute approximate surface area is 136 Å². The number of ether oxygens (including phenoxy) is 2. The predicted octanol–water partition coefficient (Wildman–Crippen LogP) is 2.36. The standard InChI is InChI=1S/C18H24N2O3/c1-19-9-4-5-13(11-19)12-20-10-8-14-15(18(20)21)6-7-16(22-2)17(14)23-3/h6-8,10,13H,4-5,9,11-12H2,1-3H3/t13-/m1/s1. The van der Waals surface area contributed by atoms with Crippen LogP contribution in [0.1, 0.15) is 12.8 Å². The van der Waals surface area contributed by atoms with Crippen LogP contribution >= 0.6 is 0 Å². The SMILES string of the molecule is COc1ccc2c(=O)n(C[C@@H]3CCCN(C)C3)ccc2c1OC. The van der Waals surface area contributed by atoms with E-state index in [0.29, 0.717) is 22.8 Å². The number of pyridine rings is 1. The predicted molar refractivity (Wildman–Crippen MR) is 91.5 cm³/mol. The zero-order chi connectivity index (χ0) is 16.4. The Hall–Kier alpha value is -2.01. The highest BCUT2D eigenvalue weighted by atomic mass is 16.5. The summed E-state index contributed by atoms with van der Waals surface area (Å²) in [5.74, 6) is 1.79. The molecule has 23 heavy (non-hydrogen) atoms. The van der Waals surface area contributed by atoms with Gasteiger partial charge in [-0.3, -0.25) is 4.79 Å². The van der Waals surface area contributed by atoms with Crippen molar-refractivity contribution in [2.45, 2.75) is 19.4 Å². The second kappa shape index (κ2) is 6.62. The molecular weight excluding hydrogens is 292 g/mol. The van der Waals surface area contributed by atoms with Crippen LogP contribution in [0.5, 0.6) is 11.5 Å². The maximum Gasteiger partial charge on any atom is 0.258 e. The molecule has 0 unspecified atom stereocenters. The minimum atomic E-state index is 0.0386. The molecule has 1 aliphatic rings. The molecule has 0 bridgehead atoms. The molecule has 0 radical (unpaired) electrons. The van der Waals surface area contributed by atoms with Gasteiger partial charge in [-0.05, 0) is 50.6 Å². The van der Waals surface area contributed by atoms with Gasteiger partial charge in [-0.15, -0.1) is 0 Å². The lowest BCUT2D eigenvalue weighted by molar-refractivity contribution is 0.193. The lowest BCUT2D eigenvalue weighted by Crippen LogP contribution is -2.36. The fourth-order valence-corrected chi connectivity index (χ4v) is 3.53. The zero-order valence-corrected chi connectivity index (χ0v) is 14.0. The molecule has 1 fully saturated rings. The van der Waals surface area contributed by atoms with Gasteiger partial charge in [0, 0.05) is 24.7 Å². The van der Waals surface area contributed by atoms with E-state index in [4.69, 9.17) is 9.47 Å². The maximum atomic E-state index is 12.8. The minimum Gasteiger partial charge on any atom is -0.493 e. The van der Waals surface area contributed by atoms with E-state index in [0.717, 1.165) is 25.0 Å². The normalized spacial score (nSPS) is 19.0. The number of methoxy groups -OCH3 is 2. The molecule has 5 nitrogen and oxygen atoms in total. The van der Waals surface area contributed by atoms with Crippen molar-refractivity contribution in [3.63, 3.8) is 0 Å². The fraction of sp³-hybridized carbons (Fsp3) is 0.500. The summed E-state index contributed by atoms with van der Waals surface area (Å²) in [6.07, 6.45) is 4.26. The third kappa shape index (κ3) is 3.06. The number of nitrogens with zero attached hydrogens (tertiary/aromatic N) is 2. The smallest absolute Gasteiger partial charge is 0.258 e. The quantitative estimate of drug-likeness (QED) is 0.868. The Morgan fingerprint density at radius 3 is 2.70 bits per heavy atom. The highest BCUT2D eigenvalue weighted by Gasteiger charge is 2.19. The van der Waals surface area contributed by atoms with Gasteiger partial charge in [-0.2, -0.15) is 0 Å². The van der Waals surface area contributed by atoms with E-state index in [1.54, 1.807) is 20.3 Å². The molecule has 0 N–H and O–H groups in total. The molecule has 1 aliphatic heterocycles. The van der Waals surface area contributed by atoms with Crippen LogP contribution in [-0.4, -0.2) is 43.8 Å². The summed E-state index contributed by atoms with van der Waals surface area (Å²) >= 11 is 0. The molecular formula is C18H24N2O3. The van der Waals surface area contributed by atoms with E-state index >= 15 is 0 Å². The van der Waals surface area contributed by atoms with Crippen LogP contribution in [0, 0.1) is 5.92 Å². The van der Waals surface area contributed by atoms with Crippen LogP contribution in [0.3, 0.4) is 0 Å². The lowest BCUT2D eigenvalue weighted by Gasteiger charge is -2.30. The third-order valence-corrected chi connectivity index (χ3v) is 4.67. The summed E-state index contributed by atoms with van der Waals surface area (Å²) in [5, 5.41) is 1.48. The number of hydrogen-bond acceptors (Lipinski definition) is 4. The number of aromatic nitrogens is 1. The number of benzene rings is 1. The van der Waals surface area contributed by atoms with Gasteiger partial charge in [0.25, 0.3) is 5.56 Å². The van der Waals surface area contributed by atoms with E-state index in [1.165, 1.54) is 12.8 Å². The summed E-state index contributed by atoms with van der Waals surface area (Å²) in [6.45, 7) is 2.98. The Bertz CT molecular complexity index is 754.